The number of ether oxygens (including phenoxy) is 1. The standard InChI is InChI=1S/C22H14Br3N3O2S2/c1-30-17-7-6-11(8-14(17)24)20(29)28-22(31)27-19-13(9-12(23)10-15(19)25)21-26-16-4-2-3-5-18(16)32-21/h2-10H,1H3,(H2,27,28,29,31). The zero-order valence-electron chi connectivity index (χ0n) is 16.4. The predicted molar refractivity (Wildman–Crippen MR) is 145 cm³/mol. The van der Waals surface area contributed by atoms with Gasteiger partial charge in [0.05, 0.1) is 27.5 Å². The Morgan fingerprint density at radius 3 is 2.56 bits per heavy atom. The molecule has 0 radical (unpaired) electrons. The number of amides is 1. The number of benzene rings is 3. The Hall–Kier alpha value is -1.85. The number of fused-ring (bicyclic) bond motifs is 1. The third-order valence-corrected chi connectivity index (χ3v) is 7.44. The van der Waals surface area contributed by atoms with Gasteiger partial charge in [-0.15, -0.1) is 11.3 Å². The Morgan fingerprint density at radius 1 is 1.06 bits per heavy atom. The van der Waals surface area contributed by atoms with Gasteiger partial charge < -0.3 is 10.1 Å². The lowest BCUT2D eigenvalue weighted by molar-refractivity contribution is 0.0977. The number of carbonyl (C=O) groups excluding carboxylic acids is 1. The van der Waals surface area contributed by atoms with Crippen molar-refractivity contribution < 1.29 is 9.53 Å². The van der Waals surface area contributed by atoms with Gasteiger partial charge in [0.15, 0.2) is 5.11 Å². The number of hydrogen-bond donors (Lipinski definition) is 2. The Labute approximate surface area is 219 Å². The second kappa shape index (κ2) is 9.96. The van der Waals surface area contributed by atoms with Gasteiger partial charge in [0.1, 0.15) is 10.8 Å². The average Bonchev–Trinajstić information content (AvgIpc) is 3.19. The molecule has 0 unspecified atom stereocenters. The number of anilines is 1. The lowest BCUT2D eigenvalue weighted by Crippen LogP contribution is -2.34. The number of nitrogens with one attached hydrogen (secondary N) is 2. The minimum absolute atomic E-state index is 0.173. The maximum atomic E-state index is 12.7. The van der Waals surface area contributed by atoms with Crippen molar-refractivity contribution in [3.63, 3.8) is 0 Å². The molecule has 2 N–H and O–H groups in total. The van der Waals surface area contributed by atoms with Crippen molar-refractivity contribution in [1.82, 2.24) is 10.3 Å². The van der Waals surface area contributed by atoms with Crippen LogP contribution in [0.25, 0.3) is 20.8 Å². The van der Waals surface area contributed by atoms with E-state index in [1.165, 1.54) is 0 Å². The van der Waals surface area contributed by atoms with E-state index in [-0.39, 0.29) is 11.0 Å². The van der Waals surface area contributed by atoms with Crippen LogP contribution in [-0.4, -0.2) is 23.1 Å². The van der Waals surface area contributed by atoms with E-state index in [1.807, 2.05) is 36.4 Å². The Morgan fingerprint density at radius 2 is 1.84 bits per heavy atom. The largest absolute Gasteiger partial charge is 0.496 e. The van der Waals surface area contributed by atoms with Crippen molar-refractivity contribution in [2.45, 2.75) is 0 Å². The normalized spacial score (nSPS) is 10.8. The number of rotatable bonds is 4. The summed E-state index contributed by atoms with van der Waals surface area (Å²) in [6.07, 6.45) is 0. The zero-order valence-corrected chi connectivity index (χ0v) is 22.8. The first-order valence-electron chi connectivity index (χ1n) is 9.16. The molecule has 4 aromatic rings. The van der Waals surface area contributed by atoms with Crippen molar-refractivity contribution in [2.24, 2.45) is 0 Å². The number of hydrogen-bond acceptors (Lipinski definition) is 5. The van der Waals surface area contributed by atoms with Crippen LogP contribution >= 0.6 is 71.3 Å². The highest BCUT2D eigenvalue weighted by Gasteiger charge is 2.17. The third kappa shape index (κ3) is 5.04. The number of aromatic nitrogens is 1. The highest BCUT2D eigenvalue weighted by atomic mass is 79.9. The van der Waals surface area contributed by atoms with Crippen LogP contribution in [-0.2, 0) is 0 Å². The van der Waals surface area contributed by atoms with Gasteiger partial charge in [-0.05, 0) is 86.5 Å². The number of para-hydroxylation sites is 1. The van der Waals surface area contributed by atoms with Crippen LogP contribution in [0, 0.1) is 0 Å². The van der Waals surface area contributed by atoms with E-state index in [2.05, 4.69) is 58.4 Å². The van der Waals surface area contributed by atoms with Crippen LogP contribution in [0.1, 0.15) is 10.4 Å². The van der Waals surface area contributed by atoms with Gasteiger partial charge in [-0.3, -0.25) is 10.1 Å². The topological polar surface area (TPSA) is 63.2 Å². The van der Waals surface area contributed by atoms with Gasteiger partial charge in [-0.25, -0.2) is 4.98 Å². The Bertz CT molecular complexity index is 1320. The van der Waals surface area contributed by atoms with Gasteiger partial charge in [-0.1, -0.05) is 28.1 Å². The number of thiazole rings is 1. The SMILES string of the molecule is COc1ccc(C(=O)NC(=S)Nc2c(Br)cc(Br)cc2-c2nc3ccccc3s2)cc1Br. The van der Waals surface area contributed by atoms with E-state index in [4.69, 9.17) is 21.9 Å². The first kappa shape index (κ1) is 23.3. The van der Waals surface area contributed by atoms with Crippen molar-refractivity contribution in [1.29, 1.82) is 0 Å². The summed E-state index contributed by atoms with van der Waals surface area (Å²) < 4.78 is 8.65. The van der Waals surface area contributed by atoms with Crippen molar-refractivity contribution in [3.05, 3.63) is 73.6 Å². The summed E-state index contributed by atoms with van der Waals surface area (Å²) in [6.45, 7) is 0. The van der Waals surface area contributed by atoms with Crippen LogP contribution in [0.3, 0.4) is 0 Å². The molecule has 1 amide bonds. The number of thiocarbonyl (C=S) groups is 1. The van der Waals surface area contributed by atoms with Crippen molar-refractivity contribution in [3.8, 4) is 16.3 Å². The number of halogens is 3. The van der Waals surface area contributed by atoms with Gasteiger partial charge in [0.2, 0.25) is 0 Å². The molecule has 32 heavy (non-hydrogen) atoms. The molecule has 0 aliphatic rings. The van der Waals surface area contributed by atoms with Crippen LogP contribution < -0.4 is 15.4 Å². The molecule has 3 aromatic carbocycles. The molecule has 0 aliphatic carbocycles. The summed E-state index contributed by atoms with van der Waals surface area (Å²) in [5.41, 5.74) is 2.95. The minimum atomic E-state index is -0.333. The van der Waals surface area contributed by atoms with Gasteiger partial charge in [0, 0.05) is 20.1 Å². The van der Waals surface area contributed by atoms with E-state index >= 15 is 0 Å². The summed E-state index contributed by atoms with van der Waals surface area (Å²) in [7, 11) is 1.57. The quantitative estimate of drug-likeness (QED) is 0.225. The lowest BCUT2D eigenvalue weighted by atomic mass is 10.2. The van der Waals surface area contributed by atoms with Crippen LogP contribution in [0.2, 0.25) is 0 Å². The third-order valence-electron chi connectivity index (χ3n) is 4.46. The molecule has 0 saturated heterocycles. The molecule has 0 atom stereocenters. The first-order valence-corrected chi connectivity index (χ1v) is 12.8. The molecule has 0 fully saturated rings. The first-order chi connectivity index (χ1) is 15.4. The number of nitrogens with zero attached hydrogens (tertiary/aromatic N) is 1. The van der Waals surface area contributed by atoms with Gasteiger partial charge in [0.25, 0.3) is 5.91 Å². The molecule has 0 aliphatic heterocycles. The fraction of sp³-hybridized carbons (Fsp3) is 0.0455. The average molecular weight is 656 g/mol. The van der Waals surface area contributed by atoms with E-state index < -0.39 is 0 Å². The van der Waals surface area contributed by atoms with E-state index in [0.29, 0.717) is 21.5 Å². The fourth-order valence-corrected chi connectivity index (χ4v) is 6.03. The van der Waals surface area contributed by atoms with Crippen LogP contribution in [0.5, 0.6) is 5.75 Å². The second-order valence-corrected chi connectivity index (χ2v) is 10.6. The highest BCUT2D eigenvalue weighted by Crippen LogP contribution is 2.40. The molecule has 10 heteroatoms. The molecule has 0 saturated carbocycles. The summed E-state index contributed by atoms with van der Waals surface area (Å²) in [6, 6.07) is 16.9. The Kier molecular flexibility index (Phi) is 7.26. The predicted octanol–water partition coefficient (Wildman–Crippen LogP) is 7.39. The van der Waals surface area contributed by atoms with Crippen molar-refractivity contribution in [2.75, 3.05) is 12.4 Å². The lowest BCUT2D eigenvalue weighted by Gasteiger charge is -2.15. The molecule has 0 spiro atoms. The molecule has 0 bridgehead atoms. The molecular formula is C22H14Br3N3O2S2. The van der Waals surface area contributed by atoms with E-state index in [9.17, 15) is 4.79 Å². The Balaban J connectivity index is 1.60. The molecule has 4 rings (SSSR count). The van der Waals surface area contributed by atoms with Gasteiger partial charge in [-0.2, -0.15) is 0 Å². The van der Waals surface area contributed by atoms with Crippen LogP contribution in [0.4, 0.5) is 5.69 Å². The number of carbonyl (C=O) groups is 1. The number of methoxy groups -OCH3 is 1. The van der Waals surface area contributed by atoms with E-state index in [0.717, 1.165) is 29.7 Å². The molecule has 5 nitrogen and oxygen atoms in total. The maximum absolute atomic E-state index is 12.7. The summed E-state index contributed by atoms with van der Waals surface area (Å²) in [5, 5.41) is 6.89. The minimum Gasteiger partial charge on any atom is -0.496 e. The summed E-state index contributed by atoms with van der Waals surface area (Å²) in [4.78, 5) is 17.4. The zero-order chi connectivity index (χ0) is 22.8. The van der Waals surface area contributed by atoms with Crippen LogP contribution in [0.15, 0.2) is 68.0 Å². The monoisotopic (exact) mass is 653 g/mol. The molecule has 162 valence electrons. The maximum Gasteiger partial charge on any atom is 0.257 e. The van der Waals surface area contributed by atoms with Gasteiger partial charge >= 0.3 is 0 Å². The fourth-order valence-electron chi connectivity index (χ4n) is 2.98. The second-order valence-electron chi connectivity index (χ2n) is 6.55. The molecule has 1 aromatic heterocycles. The highest BCUT2D eigenvalue weighted by molar-refractivity contribution is 9.11. The molecule has 1 heterocycles. The smallest absolute Gasteiger partial charge is 0.257 e. The summed E-state index contributed by atoms with van der Waals surface area (Å²) >= 11 is 17.5. The summed E-state index contributed by atoms with van der Waals surface area (Å²) in [5.74, 6) is 0.308. The van der Waals surface area contributed by atoms with E-state index in [1.54, 1.807) is 36.6 Å². The van der Waals surface area contributed by atoms with Crippen molar-refractivity contribution >= 4 is 98.3 Å². The molecular weight excluding hydrogens is 642 g/mol.